The molecule has 0 spiro atoms. The smallest absolute Gasteiger partial charge is 0.127 e. The van der Waals surface area contributed by atoms with Crippen molar-refractivity contribution in [3.05, 3.63) is 34.1 Å². The summed E-state index contributed by atoms with van der Waals surface area (Å²) >= 11 is 3.29. The van der Waals surface area contributed by atoms with Crippen LogP contribution in [0.4, 0.5) is 4.39 Å². The van der Waals surface area contributed by atoms with Gasteiger partial charge in [0.15, 0.2) is 0 Å². The average molecular weight is 316 g/mol. The van der Waals surface area contributed by atoms with Gasteiger partial charge < -0.3 is 5.32 Å². The first-order valence-corrected chi connectivity index (χ1v) is 7.55. The minimum atomic E-state index is -0.115. The van der Waals surface area contributed by atoms with Crippen LogP contribution in [0.3, 0.4) is 0 Å². The number of hydrogen-bond acceptors (Lipinski definition) is 1. The van der Waals surface area contributed by atoms with E-state index in [-0.39, 0.29) is 5.82 Å². The summed E-state index contributed by atoms with van der Waals surface area (Å²) in [7, 11) is 0. The van der Waals surface area contributed by atoms with Gasteiger partial charge >= 0.3 is 0 Å². The van der Waals surface area contributed by atoms with E-state index in [9.17, 15) is 4.39 Å². The Morgan fingerprint density at radius 1 is 1.33 bits per heavy atom. The predicted molar refractivity (Wildman–Crippen MR) is 79.3 cm³/mol. The van der Waals surface area contributed by atoms with Crippen LogP contribution in [0.1, 0.15) is 39.2 Å². The Morgan fingerprint density at radius 3 is 2.61 bits per heavy atom. The molecule has 2 atom stereocenters. The maximum absolute atomic E-state index is 13.8. The first kappa shape index (κ1) is 15.6. The number of benzene rings is 1. The van der Waals surface area contributed by atoms with Crippen LogP contribution in [0.25, 0.3) is 0 Å². The highest BCUT2D eigenvalue weighted by atomic mass is 79.9. The van der Waals surface area contributed by atoms with Crippen molar-refractivity contribution in [1.29, 1.82) is 0 Å². The van der Waals surface area contributed by atoms with Crippen molar-refractivity contribution in [3.8, 4) is 0 Å². The molecule has 1 N–H and O–H groups in total. The van der Waals surface area contributed by atoms with Crippen LogP contribution in [0.2, 0.25) is 0 Å². The van der Waals surface area contributed by atoms with E-state index in [1.165, 1.54) is 0 Å². The molecular weight excluding hydrogens is 293 g/mol. The number of hydrogen-bond donors (Lipinski definition) is 1. The summed E-state index contributed by atoms with van der Waals surface area (Å²) in [5.74, 6) is 0.440. The number of halogens is 2. The third kappa shape index (κ3) is 4.69. The maximum Gasteiger partial charge on any atom is 0.127 e. The highest BCUT2D eigenvalue weighted by Gasteiger charge is 2.17. The maximum atomic E-state index is 13.8. The molecule has 1 nitrogen and oxygen atoms in total. The second-order valence-corrected chi connectivity index (χ2v) is 5.80. The van der Waals surface area contributed by atoms with Crippen LogP contribution >= 0.6 is 15.9 Å². The molecule has 0 bridgehead atoms. The summed E-state index contributed by atoms with van der Waals surface area (Å²) in [6.07, 6.45) is 2.98. The molecule has 0 saturated carbocycles. The molecule has 1 aromatic rings. The van der Waals surface area contributed by atoms with Crippen molar-refractivity contribution in [2.75, 3.05) is 6.54 Å². The molecule has 0 saturated heterocycles. The number of nitrogens with one attached hydrogen (secondary N) is 1. The van der Waals surface area contributed by atoms with Gasteiger partial charge in [-0.05, 0) is 43.0 Å². The van der Waals surface area contributed by atoms with Crippen LogP contribution in [0, 0.1) is 11.7 Å². The van der Waals surface area contributed by atoms with E-state index >= 15 is 0 Å². The fraction of sp³-hybridized carbons (Fsp3) is 0.600. The first-order valence-electron chi connectivity index (χ1n) is 6.75. The molecule has 3 heteroatoms. The van der Waals surface area contributed by atoms with Crippen molar-refractivity contribution in [3.63, 3.8) is 0 Å². The minimum absolute atomic E-state index is 0.115. The Labute approximate surface area is 118 Å². The van der Waals surface area contributed by atoms with Gasteiger partial charge in [-0.15, -0.1) is 0 Å². The molecule has 0 radical (unpaired) electrons. The molecule has 102 valence electrons. The topological polar surface area (TPSA) is 12.0 Å². The Balaban J connectivity index is 2.75. The molecule has 0 amide bonds. The van der Waals surface area contributed by atoms with Gasteiger partial charge in [-0.1, -0.05) is 49.2 Å². The van der Waals surface area contributed by atoms with Gasteiger partial charge in [0, 0.05) is 10.5 Å². The zero-order chi connectivity index (χ0) is 13.5. The van der Waals surface area contributed by atoms with E-state index in [0.717, 1.165) is 35.8 Å². The molecule has 18 heavy (non-hydrogen) atoms. The second kappa shape index (κ2) is 7.90. The van der Waals surface area contributed by atoms with Crippen molar-refractivity contribution >= 4 is 15.9 Å². The molecule has 0 aromatic heterocycles. The van der Waals surface area contributed by atoms with Gasteiger partial charge in [0.2, 0.25) is 0 Å². The van der Waals surface area contributed by atoms with Gasteiger partial charge in [0.05, 0.1) is 0 Å². The highest BCUT2D eigenvalue weighted by Crippen LogP contribution is 2.19. The summed E-state index contributed by atoms with van der Waals surface area (Å²) in [5, 5.41) is 3.53. The molecule has 0 aliphatic rings. The van der Waals surface area contributed by atoms with Gasteiger partial charge in [-0.2, -0.15) is 0 Å². The van der Waals surface area contributed by atoms with E-state index < -0.39 is 0 Å². The quantitative estimate of drug-likeness (QED) is 0.778. The zero-order valence-corrected chi connectivity index (χ0v) is 13.1. The lowest BCUT2D eigenvalue weighted by Crippen LogP contribution is -2.37. The Hall–Kier alpha value is -0.410. The molecular formula is C15H23BrFN. The summed E-state index contributed by atoms with van der Waals surface area (Å²) in [4.78, 5) is 0. The van der Waals surface area contributed by atoms with Crippen LogP contribution < -0.4 is 5.32 Å². The lowest BCUT2D eigenvalue weighted by Gasteiger charge is -2.24. The third-order valence-corrected chi connectivity index (χ3v) is 3.94. The Bertz CT molecular complexity index is 368. The standard InChI is InChI=1S/C15H23BrFN/c1-4-8-18-15(11(3)5-2)9-12-6-7-13(16)10-14(12)17/h6-7,10-11,15,18H,4-5,8-9H2,1-3H3. The van der Waals surface area contributed by atoms with Crippen LogP contribution in [0.15, 0.2) is 22.7 Å². The van der Waals surface area contributed by atoms with E-state index in [1.807, 2.05) is 12.1 Å². The highest BCUT2D eigenvalue weighted by molar-refractivity contribution is 9.10. The van der Waals surface area contributed by atoms with Crippen LogP contribution in [-0.4, -0.2) is 12.6 Å². The third-order valence-electron chi connectivity index (χ3n) is 3.44. The number of rotatable bonds is 7. The fourth-order valence-corrected chi connectivity index (χ4v) is 2.35. The average Bonchev–Trinajstić information content (AvgIpc) is 2.36. The van der Waals surface area contributed by atoms with E-state index in [2.05, 4.69) is 42.0 Å². The van der Waals surface area contributed by atoms with Gasteiger partial charge in [0.1, 0.15) is 5.82 Å². The molecule has 0 aliphatic heterocycles. The van der Waals surface area contributed by atoms with Crippen LogP contribution in [0.5, 0.6) is 0 Å². The summed E-state index contributed by atoms with van der Waals surface area (Å²) in [6.45, 7) is 7.56. The van der Waals surface area contributed by atoms with Crippen LogP contribution in [-0.2, 0) is 6.42 Å². The molecule has 1 aromatic carbocycles. The Morgan fingerprint density at radius 2 is 2.06 bits per heavy atom. The lowest BCUT2D eigenvalue weighted by atomic mass is 9.92. The fourth-order valence-electron chi connectivity index (χ4n) is 2.01. The molecule has 1 rings (SSSR count). The zero-order valence-electron chi connectivity index (χ0n) is 11.5. The lowest BCUT2D eigenvalue weighted by molar-refractivity contribution is 0.361. The normalized spacial score (nSPS) is 14.5. The summed E-state index contributed by atoms with van der Waals surface area (Å²) < 4.78 is 14.6. The van der Waals surface area contributed by atoms with Gasteiger partial charge in [0.25, 0.3) is 0 Å². The first-order chi connectivity index (χ1) is 8.58. The van der Waals surface area contributed by atoms with Crippen molar-refractivity contribution < 1.29 is 4.39 Å². The Kier molecular flexibility index (Phi) is 6.87. The van der Waals surface area contributed by atoms with Gasteiger partial charge in [-0.25, -0.2) is 4.39 Å². The molecule has 0 fully saturated rings. The molecule has 2 unspecified atom stereocenters. The summed E-state index contributed by atoms with van der Waals surface area (Å²) in [6, 6.07) is 5.68. The van der Waals surface area contributed by atoms with Crippen molar-refractivity contribution in [2.45, 2.75) is 46.1 Å². The van der Waals surface area contributed by atoms with Gasteiger partial charge in [-0.3, -0.25) is 0 Å². The summed E-state index contributed by atoms with van der Waals surface area (Å²) in [5.41, 5.74) is 0.798. The van der Waals surface area contributed by atoms with E-state index in [0.29, 0.717) is 12.0 Å². The second-order valence-electron chi connectivity index (χ2n) is 4.89. The predicted octanol–water partition coefficient (Wildman–Crippen LogP) is 4.55. The largest absolute Gasteiger partial charge is 0.313 e. The van der Waals surface area contributed by atoms with E-state index in [4.69, 9.17) is 0 Å². The van der Waals surface area contributed by atoms with Crippen molar-refractivity contribution in [1.82, 2.24) is 5.32 Å². The molecule has 0 heterocycles. The molecule has 0 aliphatic carbocycles. The monoisotopic (exact) mass is 315 g/mol. The van der Waals surface area contributed by atoms with Crippen molar-refractivity contribution in [2.24, 2.45) is 5.92 Å². The SMILES string of the molecule is CCCNC(Cc1ccc(Br)cc1F)C(C)CC. The van der Waals surface area contributed by atoms with E-state index in [1.54, 1.807) is 6.07 Å². The minimum Gasteiger partial charge on any atom is -0.313 e.